The fourth-order valence-corrected chi connectivity index (χ4v) is 2.42. The lowest BCUT2D eigenvalue weighted by Gasteiger charge is -2.21. The second kappa shape index (κ2) is 7.94. The number of nitrogens with one attached hydrogen (secondary N) is 1. The molecule has 0 bridgehead atoms. The third kappa shape index (κ3) is 6.37. The van der Waals surface area contributed by atoms with Crippen LogP contribution in [-0.2, 0) is 4.79 Å². The van der Waals surface area contributed by atoms with Gasteiger partial charge in [0.2, 0.25) is 5.91 Å². The van der Waals surface area contributed by atoms with E-state index < -0.39 is 0 Å². The number of hydrogen-bond acceptors (Lipinski definition) is 1. The Morgan fingerprint density at radius 3 is 2.69 bits per heavy atom. The maximum atomic E-state index is 11.5. The average Bonchev–Trinajstić information content (AvgIpc) is 2.27. The van der Waals surface area contributed by atoms with E-state index >= 15 is 0 Å². The number of rotatable bonds is 6. The van der Waals surface area contributed by atoms with Crippen LogP contribution in [0.5, 0.6) is 0 Å². The number of carbonyl (C=O) groups excluding carboxylic acids is 1. The minimum atomic E-state index is 0.152. The smallest absolute Gasteiger partial charge is 0.220 e. The summed E-state index contributed by atoms with van der Waals surface area (Å²) in [5.74, 6) is 0.995. The van der Waals surface area contributed by atoms with Crippen molar-refractivity contribution in [2.24, 2.45) is 5.92 Å². The molecule has 0 aliphatic heterocycles. The van der Waals surface area contributed by atoms with Crippen LogP contribution in [0.1, 0.15) is 58.3 Å². The van der Waals surface area contributed by atoms with Gasteiger partial charge in [-0.1, -0.05) is 32.1 Å². The molecule has 0 aromatic carbocycles. The zero-order chi connectivity index (χ0) is 11.8. The normalized spacial score (nSPS) is 19.4. The molecule has 1 amide bonds. The molecule has 94 valence electrons. The summed E-state index contributed by atoms with van der Waals surface area (Å²) in [6, 6.07) is 0. The molecule has 0 radical (unpaired) electrons. The van der Waals surface area contributed by atoms with Gasteiger partial charge in [0, 0.05) is 18.3 Å². The van der Waals surface area contributed by atoms with E-state index in [2.05, 4.69) is 5.32 Å². The third-order valence-corrected chi connectivity index (χ3v) is 3.59. The first kappa shape index (κ1) is 13.8. The van der Waals surface area contributed by atoms with E-state index in [1.54, 1.807) is 0 Å². The highest BCUT2D eigenvalue weighted by molar-refractivity contribution is 6.20. The lowest BCUT2D eigenvalue weighted by atomic mass is 9.86. The Morgan fingerprint density at radius 1 is 1.38 bits per heavy atom. The molecule has 0 saturated heterocycles. The molecule has 1 rings (SSSR count). The molecule has 0 aromatic rings. The minimum absolute atomic E-state index is 0.152. The van der Waals surface area contributed by atoms with Crippen LogP contribution in [0.4, 0.5) is 0 Å². The Balaban J connectivity index is 2.00. The van der Waals surface area contributed by atoms with E-state index in [1.165, 1.54) is 32.1 Å². The molecule has 16 heavy (non-hydrogen) atoms. The third-order valence-electron chi connectivity index (χ3n) is 3.37. The summed E-state index contributed by atoms with van der Waals surface area (Å²) in [7, 11) is 0. The van der Waals surface area contributed by atoms with Gasteiger partial charge < -0.3 is 5.32 Å². The monoisotopic (exact) mass is 245 g/mol. The van der Waals surface area contributed by atoms with Crippen LogP contribution in [0, 0.1) is 5.92 Å². The number of carbonyl (C=O) groups is 1. The Hall–Kier alpha value is -0.240. The first-order valence-electron chi connectivity index (χ1n) is 6.59. The second-order valence-corrected chi connectivity index (χ2v) is 5.71. The highest BCUT2D eigenvalue weighted by Crippen LogP contribution is 2.27. The van der Waals surface area contributed by atoms with Crippen molar-refractivity contribution in [2.45, 2.75) is 63.7 Å². The van der Waals surface area contributed by atoms with Crippen molar-refractivity contribution in [3.05, 3.63) is 0 Å². The lowest BCUT2D eigenvalue weighted by Crippen LogP contribution is -2.26. The molecule has 1 aliphatic carbocycles. The van der Waals surface area contributed by atoms with Crippen LogP contribution in [-0.4, -0.2) is 17.8 Å². The summed E-state index contributed by atoms with van der Waals surface area (Å²) < 4.78 is 0. The lowest BCUT2D eigenvalue weighted by molar-refractivity contribution is -0.121. The molecule has 2 nitrogen and oxygen atoms in total. The SMILES string of the molecule is CC(Cl)CCNC(=O)CCC1CCCCC1. The summed E-state index contributed by atoms with van der Waals surface area (Å²) in [4.78, 5) is 11.5. The summed E-state index contributed by atoms with van der Waals surface area (Å²) in [5.41, 5.74) is 0. The number of halogens is 1. The first-order chi connectivity index (χ1) is 7.68. The standard InChI is InChI=1S/C13H24ClNO/c1-11(14)9-10-15-13(16)8-7-12-5-3-2-4-6-12/h11-12H,2-10H2,1H3,(H,15,16). The number of amides is 1. The van der Waals surface area contributed by atoms with Crippen molar-refractivity contribution in [1.82, 2.24) is 5.32 Å². The van der Waals surface area contributed by atoms with Crippen LogP contribution in [0.3, 0.4) is 0 Å². The van der Waals surface area contributed by atoms with E-state index in [9.17, 15) is 4.79 Å². The van der Waals surface area contributed by atoms with E-state index in [0.29, 0.717) is 13.0 Å². The molecule has 0 heterocycles. The molecule has 1 saturated carbocycles. The fraction of sp³-hybridized carbons (Fsp3) is 0.923. The summed E-state index contributed by atoms with van der Waals surface area (Å²) in [6.45, 7) is 2.67. The Labute approximate surface area is 104 Å². The average molecular weight is 246 g/mol. The minimum Gasteiger partial charge on any atom is -0.356 e. The van der Waals surface area contributed by atoms with Crippen molar-refractivity contribution in [3.63, 3.8) is 0 Å². The molecule has 0 spiro atoms. The highest BCUT2D eigenvalue weighted by Gasteiger charge is 2.14. The van der Waals surface area contributed by atoms with Gasteiger partial charge in [-0.2, -0.15) is 0 Å². The van der Waals surface area contributed by atoms with E-state index in [1.807, 2.05) is 6.92 Å². The molecule has 1 fully saturated rings. The summed E-state index contributed by atoms with van der Waals surface area (Å²) in [5, 5.41) is 3.08. The van der Waals surface area contributed by atoms with Gasteiger partial charge in [-0.3, -0.25) is 4.79 Å². The molecule has 1 atom stereocenters. The summed E-state index contributed by atoms with van der Waals surface area (Å²) >= 11 is 5.81. The molecule has 1 N–H and O–H groups in total. The van der Waals surface area contributed by atoms with Gasteiger partial charge in [0.05, 0.1) is 0 Å². The van der Waals surface area contributed by atoms with Crippen LogP contribution in [0.2, 0.25) is 0 Å². The largest absolute Gasteiger partial charge is 0.356 e. The van der Waals surface area contributed by atoms with Crippen molar-refractivity contribution in [2.75, 3.05) is 6.54 Å². The molecular formula is C13H24ClNO. The predicted octanol–water partition coefficient (Wildman–Crippen LogP) is 3.48. The van der Waals surface area contributed by atoms with Crippen molar-refractivity contribution < 1.29 is 4.79 Å². The van der Waals surface area contributed by atoms with E-state index in [0.717, 1.165) is 18.8 Å². The highest BCUT2D eigenvalue weighted by atomic mass is 35.5. The Bertz CT molecular complexity index is 200. The first-order valence-corrected chi connectivity index (χ1v) is 7.03. The number of alkyl halides is 1. The Morgan fingerprint density at radius 2 is 2.06 bits per heavy atom. The maximum absolute atomic E-state index is 11.5. The molecule has 1 aliphatic rings. The van der Waals surface area contributed by atoms with Gasteiger partial charge in [-0.05, 0) is 25.7 Å². The van der Waals surface area contributed by atoms with E-state index in [-0.39, 0.29) is 11.3 Å². The predicted molar refractivity (Wildman–Crippen MR) is 68.8 cm³/mol. The van der Waals surface area contributed by atoms with Crippen LogP contribution >= 0.6 is 11.6 Å². The topological polar surface area (TPSA) is 29.1 Å². The zero-order valence-corrected chi connectivity index (χ0v) is 11.1. The summed E-state index contributed by atoms with van der Waals surface area (Å²) in [6.07, 6.45) is 9.38. The zero-order valence-electron chi connectivity index (χ0n) is 10.3. The fourth-order valence-electron chi connectivity index (χ4n) is 2.31. The number of hydrogen-bond donors (Lipinski definition) is 1. The van der Waals surface area contributed by atoms with Crippen LogP contribution in [0.15, 0.2) is 0 Å². The van der Waals surface area contributed by atoms with Crippen LogP contribution in [0.25, 0.3) is 0 Å². The van der Waals surface area contributed by atoms with Crippen molar-refractivity contribution in [3.8, 4) is 0 Å². The van der Waals surface area contributed by atoms with Crippen LogP contribution < -0.4 is 5.32 Å². The molecule has 3 heteroatoms. The quantitative estimate of drug-likeness (QED) is 0.714. The van der Waals surface area contributed by atoms with Crippen molar-refractivity contribution in [1.29, 1.82) is 0 Å². The van der Waals surface area contributed by atoms with Gasteiger partial charge in [-0.15, -0.1) is 11.6 Å². The van der Waals surface area contributed by atoms with Gasteiger partial charge in [0.15, 0.2) is 0 Å². The molecule has 1 unspecified atom stereocenters. The van der Waals surface area contributed by atoms with Gasteiger partial charge in [0.25, 0.3) is 0 Å². The Kier molecular flexibility index (Phi) is 6.86. The maximum Gasteiger partial charge on any atom is 0.220 e. The van der Waals surface area contributed by atoms with Gasteiger partial charge in [-0.25, -0.2) is 0 Å². The van der Waals surface area contributed by atoms with Gasteiger partial charge in [0.1, 0.15) is 0 Å². The molecular weight excluding hydrogens is 222 g/mol. The van der Waals surface area contributed by atoms with Crippen molar-refractivity contribution >= 4 is 17.5 Å². The second-order valence-electron chi connectivity index (χ2n) is 4.96. The molecule has 0 aromatic heterocycles. The van der Waals surface area contributed by atoms with E-state index in [4.69, 9.17) is 11.6 Å². The van der Waals surface area contributed by atoms with Gasteiger partial charge >= 0.3 is 0 Å².